The van der Waals surface area contributed by atoms with Crippen LogP contribution in [0.15, 0.2) is 0 Å². The average molecular weight is 275 g/mol. The van der Waals surface area contributed by atoms with E-state index in [1.165, 1.54) is 4.90 Å². The Bertz CT molecular complexity index is 490. The van der Waals surface area contributed by atoms with Gasteiger partial charge in [0.1, 0.15) is 6.61 Å². The van der Waals surface area contributed by atoms with Gasteiger partial charge in [0, 0.05) is 12.0 Å². The minimum atomic E-state index is -3.28. The van der Waals surface area contributed by atoms with Gasteiger partial charge in [0.15, 0.2) is 27.1 Å². The highest BCUT2D eigenvalue weighted by Gasteiger charge is 2.59. The van der Waals surface area contributed by atoms with Crippen molar-refractivity contribution in [1.29, 1.82) is 0 Å². The molecule has 0 aromatic carbocycles. The summed E-state index contributed by atoms with van der Waals surface area (Å²) < 4.78 is 28.5. The zero-order valence-electron chi connectivity index (χ0n) is 10.7. The molecule has 2 heterocycles. The van der Waals surface area contributed by atoms with E-state index in [0.29, 0.717) is 0 Å². The van der Waals surface area contributed by atoms with E-state index in [0.717, 1.165) is 0 Å². The van der Waals surface area contributed by atoms with Gasteiger partial charge in [0.2, 0.25) is 0 Å². The molecule has 0 aromatic heterocycles. The van der Waals surface area contributed by atoms with Crippen LogP contribution in [0.5, 0.6) is 0 Å². The summed E-state index contributed by atoms with van der Waals surface area (Å²) >= 11 is 0. The van der Waals surface area contributed by atoms with Crippen LogP contribution in [0.3, 0.4) is 0 Å². The number of ether oxygens (including phenoxy) is 1. The fourth-order valence-electron chi connectivity index (χ4n) is 1.99. The monoisotopic (exact) mass is 275 g/mol. The van der Waals surface area contributed by atoms with E-state index in [4.69, 9.17) is 4.74 Å². The Hall–Kier alpha value is -0.950. The highest BCUT2D eigenvalue weighted by Crippen LogP contribution is 2.33. The van der Waals surface area contributed by atoms with E-state index in [1.54, 1.807) is 20.8 Å². The van der Waals surface area contributed by atoms with Crippen molar-refractivity contribution in [3.63, 3.8) is 0 Å². The normalized spacial score (nSPS) is 29.9. The summed E-state index contributed by atoms with van der Waals surface area (Å²) in [5, 5.41) is -0.877. The van der Waals surface area contributed by atoms with Gasteiger partial charge in [0.25, 0.3) is 5.91 Å². The van der Waals surface area contributed by atoms with Crippen molar-refractivity contribution in [2.24, 2.45) is 5.41 Å². The molecular formula is C11H17NO5S. The summed E-state index contributed by atoms with van der Waals surface area (Å²) in [6.07, 6.45) is -0.996. The zero-order chi connectivity index (χ0) is 13.7. The molecule has 0 aliphatic carbocycles. The van der Waals surface area contributed by atoms with Crippen molar-refractivity contribution < 1.29 is 22.7 Å². The van der Waals surface area contributed by atoms with Crippen LogP contribution in [0.4, 0.5) is 0 Å². The molecule has 1 amide bonds. The molecule has 0 bridgehead atoms. The number of Topliss-reactive ketones (excluding diaryl/α,β-unsaturated/α-hetero) is 1. The number of ketones is 1. The summed E-state index contributed by atoms with van der Waals surface area (Å²) in [5.41, 5.74) is -0.555. The molecule has 0 N–H and O–H groups in total. The van der Waals surface area contributed by atoms with E-state index < -0.39 is 26.7 Å². The highest BCUT2D eigenvalue weighted by molar-refractivity contribution is 7.92. The van der Waals surface area contributed by atoms with Gasteiger partial charge >= 0.3 is 0 Å². The standard InChI is InChI=1S/C11H17NO5S/c1-11(2,3)7(13)6-17-8-9(14)12-4-5-18(15,16)10(8)12/h8,10H,4-6H2,1-3H3/t8-,10-/m0/s1. The number of rotatable bonds is 3. The SMILES string of the molecule is CC(C)(C)C(=O)CO[C@H]1C(=O)N2CCS(=O)(=O)[C@@H]12. The van der Waals surface area contributed by atoms with Crippen LogP contribution in [0.1, 0.15) is 20.8 Å². The number of fused-ring (bicyclic) bond motifs is 1. The van der Waals surface area contributed by atoms with Crippen molar-refractivity contribution in [1.82, 2.24) is 4.90 Å². The fraction of sp³-hybridized carbons (Fsp3) is 0.818. The molecule has 2 saturated heterocycles. The summed E-state index contributed by atoms with van der Waals surface area (Å²) in [6.45, 7) is 5.26. The topological polar surface area (TPSA) is 80.8 Å². The molecule has 2 rings (SSSR count). The fourth-order valence-corrected chi connectivity index (χ4v) is 3.85. The van der Waals surface area contributed by atoms with Gasteiger partial charge < -0.3 is 9.64 Å². The predicted molar refractivity (Wildman–Crippen MR) is 63.5 cm³/mol. The van der Waals surface area contributed by atoms with E-state index in [-0.39, 0.29) is 30.6 Å². The first-order valence-electron chi connectivity index (χ1n) is 5.81. The number of hydrogen-bond acceptors (Lipinski definition) is 5. The van der Waals surface area contributed by atoms with Crippen LogP contribution in [0, 0.1) is 5.41 Å². The molecule has 0 radical (unpaired) electrons. The van der Waals surface area contributed by atoms with Gasteiger partial charge in [-0.2, -0.15) is 0 Å². The van der Waals surface area contributed by atoms with Crippen LogP contribution >= 0.6 is 0 Å². The quantitative estimate of drug-likeness (QED) is 0.654. The van der Waals surface area contributed by atoms with Crippen LogP contribution < -0.4 is 0 Å². The van der Waals surface area contributed by atoms with Crippen LogP contribution in [0.2, 0.25) is 0 Å². The molecule has 6 nitrogen and oxygen atoms in total. The second-order valence-corrected chi connectivity index (χ2v) is 7.91. The number of hydrogen-bond donors (Lipinski definition) is 0. The van der Waals surface area contributed by atoms with E-state index in [9.17, 15) is 18.0 Å². The van der Waals surface area contributed by atoms with Crippen molar-refractivity contribution in [3.05, 3.63) is 0 Å². The second kappa shape index (κ2) is 4.03. The molecule has 0 spiro atoms. The highest BCUT2D eigenvalue weighted by atomic mass is 32.2. The first kappa shape index (κ1) is 13.5. The molecular weight excluding hydrogens is 258 g/mol. The molecule has 0 aromatic rings. The Labute approximate surface area is 106 Å². The first-order valence-corrected chi connectivity index (χ1v) is 7.53. The van der Waals surface area contributed by atoms with E-state index in [2.05, 4.69) is 0 Å². The van der Waals surface area contributed by atoms with Gasteiger partial charge in [-0.3, -0.25) is 9.59 Å². The average Bonchev–Trinajstić information content (AvgIpc) is 2.49. The Morgan fingerprint density at radius 1 is 1.44 bits per heavy atom. The summed E-state index contributed by atoms with van der Waals surface area (Å²) in [4.78, 5) is 24.6. The number of β-lactam (4-membered cyclic amide) rings is 1. The van der Waals surface area contributed by atoms with Crippen molar-refractivity contribution in [2.45, 2.75) is 32.2 Å². The summed E-state index contributed by atoms with van der Waals surface area (Å²) in [7, 11) is -3.28. The lowest BCUT2D eigenvalue weighted by molar-refractivity contribution is -0.166. The summed E-state index contributed by atoms with van der Waals surface area (Å²) in [5.74, 6) is -0.497. The van der Waals surface area contributed by atoms with Gasteiger partial charge in [-0.1, -0.05) is 20.8 Å². The number of carbonyl (C=O) groups is 2. The van der Waals surface area contributed by atoms with Crippen molar-refractivity contribution in [3.8, 4) is 0 Å². The molecule has 2 atom stereocenters. The maximum atomic E-state index is 11.7. The number of amides is 1. The minimum Gasteiger partial charge on any atom is -0.357 e. The number of nitrogens with zero attached hydrogens (tertiary/aromatic N) is 1. The number of carbonyl (C=O) groups excluding carboxylic acids is 2. The lowest BCUT2D eigenvalue weighted by Crippen LogP contribution is -2.64. The molecule has 2 fully saturated rings. The molecule has 0 unspecified atom stereocenters. The van der Waals surface area contributed by atoms with Crippen molar-refractivity contribution >= 4 is 21.5 Å². The number of sulfone groups is 1. The van der Waals surface area contributed by atoms with Crippen molar-refractivity contribution in [2.75, 3.05) is 18.9 Å². The Morgan fingerprint density at radius 2 is 2.06 bits per heavy atom. The van der Waals surface area contributed by atoms with E-state index >= 15 is 0 Å². The van der Waals surface area contributed by atoms with Crippen LogP contribution in [-0.2, 0) is 24.2 Å². The Balaban J connectivity index is 2.00. The lowest BCUT2D eigenvalue weighted by Gasteiger charge is -2.40. The van der Waals surface area contributed by atoms with Gasteiger partial charge in [-0.15, -0.1) is 0 Å². The lowest BCUT2D eigenvalue weighted by atomic mass is 9.91. The maximum Gasteiger partial charge on any atom is 0.256 e. The van der Waals surface area contributed by atoms with Gasteiger partial charge in [-0.25, -0.2) is 8.42 Å². The van der Waals surface area contributed by atoms with Crippen LogP contribution in [-0.4, -0.2) is 55.4 Å². The van der Waals surface area contributed by atoms with E-state index in [1.807, 2.05) is 0 Å². The Kier molecular flexibility index (Phi) is 3.02. The molecule has 18 heavy (non-hydrogen) atoms. The third-order valence-corrected chi connectivity index (χ3v) is 5.30. The first-order chi connectivity index (χ1) is 8.14. The molecule has 7 heteroatoms. The smallest absolute Gasteiger partial charge is 0.256 e. The Morgan fingerprint density at radius 3 is 2.61 bits per heavy atom. The van der Waals surface area contributed by atoms with Gasteiger partial charge in [-0.05, 0) is 0 Å². The van der Waals surface area contributed by atoms with Gasteiger partial charge in [0.05, 0.1) is 5.75 Å². The van der Waals surface area contributed by atoms with Crippen LogP contribution in [0.25, 0.3) is 0 Å². The minimum absolute atomic E-state index is 0.0174. The zero-order valence-corrected chi connectivity index (χ0v) is 11.5. The predicted octanol–water partition coefficient (Wildman–Crippen LogP) is -0.416. The largest absolute Gasteiger partial charge is 0.357 e. The molecule has 2 aliphatic heterocycles. The molecule has 2 aliphatic rings. The maximum absolute atomic E-state index is 11.7. The molecule has 102 valence electrons. The summed E-state index contributed by atoms with van der Waals surface area (Å²) in [6, 6.07) is 0. The third-order valence-electron chi connectivity index (χ3n) is 3.31. The second-order valence-electron chi connectivity index (χ2n) is 5.69. The third kappa shape index (κ3) is 2.05. The molecule has 0 saturated carbocycles.